The number of nitrogens with zero attached hydrogens (tertiary/aromatic N) is 1. The minimum Gasteiger partial charge on any atom is -0.476 e. The molecule has 0 rings (SSSR count). The predicted octanol–water partition coefficient (Wildman–Crippen LogP) is 2.23. The summed E-state index contributed by atoms with van der Waals surface area (Å²) in [5, 5.41) is 10.8. The van der Waals surface area contributed by atoms with Crippen LogP contribution in [-0.4, -0.2) is 29.3 Å². The van der Waals surface area contributed by atoms with Gasteiger partial charge < -0.3 is 9.47 Å². The van der Waals surface area contributed by atoms with Crippen molar-refractivity contribution >= 4 is 40.1 Å². The summed E-state index contributed by atoms with van der Waals surface area (Å²) in [6.45, 7) is 3.66. The van der Waals surface area contributed by atoms with Crippen molar-refractivity contribution in [2.24, 2.45) is 0 Å². The Morgan fingerprint density at radius 3 is 2.92 bits per heavy atom. The van der Waals surface area contributed by atoms with Crippen LogP contribution in [0.5, 0.6) is 0 Å². The first kappa shape index (κ1) is 13.0. The third-order valence-corrected chi connectivity index (χ3v) is 2.85. The molecular weight excluding hydrogens is 226 g/mol. The van der Waals surface area contributed by atoms with Crippen LogP contribution in [0.2, 0.25) is 0 Å². The van der Waals surface area contributed by atoms with Gasteiger partial charge in [-0.3, -0.25) is 0 Å². The van der Waals surface area contributed by atoms with Gasteiger partial charge in [0.25, 0.3) is 0 Å². The van der Waals surface area contributed by atoms with E-state index in [-0.39, 0.29) is 0 Å². The summed E-state index contributed by atoms with van der Waals surface area (Å²) >= 11 is 7.38. The molecule has 0 N–H and O–H groups in total. The van der Waals surface area contributed by atoms with E-state index < -0.39 is 0 Å². The molecule has 0 aromatic heterocycles. The predicted molar refractivity (Wildman–Crippen MR) is 60.7 cm³/mol. The molecule has 0 radical (unpaired) electrons. The summed E-state index contributed by atoms with van der Waals surface area (Å²) in [5.74, 6) is 0. The highest BCUT2D eigenvalue weighted by Gasteiger charge is 1.97. The first-order valence-corrected chi connectivity index (χ1v) is 6.07. The molecule has 0 saturated heterocycles. The number of thioether (sulfide) groups is 2. The number of hydrogen-bond acceptors (Lipinski definition) is 6. The van der Waals surface area contributed by atoms with Crippen LogP contribution in [0.4, 0.5) is 0 Å². The lowest BCUT2D eigenvalue weighted by molar-refractivity contribution is 0.109. The fourth-order valence-electron chi connectivity index (χ4n) is 0.474. The molecule has 0 atom stereocenters. The van der Waals surface area contributed by atoms with E-state index in [2.05, 4.69) is 0 Å². The zero-order valence-electron chi connectivity index (χ0n) is 7.32. The van der Waals surface area contributed by atoms with Crippen LogP contribution in [0.25, 0.3) is 0 Å². The molecule has 0 aromatic carbocycles. The molecule has 0 bridgehead atoms. The largest absolute Gasteiger partial charge is 0.476 e. The standard InChI is InChI=1S/C7H11NO2S3/c1-2-9-3-4-10-7(11)13-6-12-5-8/h2-4,6H2,1H3. The molecule has 0 fully saturated rings. The maximum atomic E-state index is 8.22. The van der Waals surface area contributed by atoms with Gasteiger partial charge in [-0.2, -0.15) is 5.26 Å². The molecule has 0 spiro atoms. The molecule has 0 heterocycles. The van der Waals surface area contributed by atoms with Gasteiger partial charge >= 0.3 is 0 Å². The molecule has 0 aromatic rings. The van der Waals surface area contributed by atoms with Crippen LogP contribution in [0, 0.1) is 10.7 Å². The van der Waals surface area contributed by atoms with Crippen LogP contribution in [-0.2, 0) is 9.47 Å². The molecule has 13 heavy (non-hydrogen) atoms. The van der Waals surface area contributed by atoms with E-state index >= 15 is 0 Å². The third kappa shape index (κ3) is 9.96. The SMILES string of the molecule is CCOCCOC(=S)SCSC#N. The summed E-state index contributed by atoms with van der Waals surface area (Å²) in [4.78, 5) is 0. The number of ether oxygens (including phenoxy) is 2. The van der Waals surface area contributed by atoms with Crippen LogP contribution < -0.4 is 0 Å². The van der Waals surface area contributed by atoms with Crippen LogP contribution in [0.1, 0.15) is 6.92 Å². The summed E-state index contributed by atoms with van der Waals surface area (Å²) in [6, 6.07) is 0. The Balaban J connectivity index is 3.16. The van der Waals surface area contributed by atoms with Gasteiger partial charge in [0.2, 0.25) is 4.38 Å². The summed E-state index contributed by atoms with van der Waals surface area (Å²) in [5.41, 5.74) is 0. The Morgan fingerprint density at radius 2 is 2.31 bits per heavy atom. The zero-order chi connectivity index (χ0) is 9.94. The minimum atomic E-state index is 0.474. The molecule has 0 unspecified atom stereocenters. The van der Waals surface area contributed by atoms with Crippen molar-refractivity contribution in [1.82, 2.24) is 0 Å². The fourth-order valence-corrected chi connectivity index (χ4v) is 1.99. The number of thiocyanates is 1. The summed E-state index contributed by atoms with van der Waals surface area (Å²) < 4.78 is 10.7. The lowest BCUT2D eigenvalue weighted by Crippen LogP contribution is -2.06. The van der Waals surface area contributed by atoms with Crippen molar-refractivity contribution in [3.8, 4) is 5.40 Å². The van der Waals surface area contributed by atoms with Gasteiger partial charge in [0.15, 0.2) is 0 Å². The Hall–Kier alpha value is 0.0400. The third-order valence-electron chi connectivity index (χ3n) is 0.952. The first-order valence-electron chi connectivity index (χ1n) is 3.69. The molecule has 0 saturated carbocycles. The Labute approximate surface area is 92.2 Å². The Bertz CT molecular complexity index is 181. The topological polar surface area (TPSA) is 42.2 Å². The number of thiocarbonyl (C=S) groups is 1. The van der Waals surface area contributed by atoms with Crippen LogP contribution >= 0.6 is 35.7 Å². The van der Waals surface area contributed by atoms with Crippen molar-refractivity contribution in [3.63, 3.8) is 0 Å². The van der Waals surface area contributed by atoms with Crippen molar-refractivity contribution in [2.75, 3.05) is 24.9 Å². The lowest BCUT2D eigenvalue weighted by Gasteiger charge is -2.05. The second-order valence-electron chi connectivity index (χ2n) is 1.79. The van der Waals surface area contributed by atoms with Crippen molar-refractivity contribution in [1.29, 1.82) is 5.26 Å². The Kier molecular flexibility index (Phi) is 10.2. The van der Waals surface area contributed by atoms with E-state index in [4.69, 9.17) is 27.0 Å². The van der Waals surface area contributed by atoms with E-state index in [9.17, 15) is 0 Å². The normalized spacial score (nSPS) is 9.23. The van der Waals surface area contributed by atoms with Crippen LogP contribution in [0.15, 0.2) is 0 Å². The highest BCUT2D eigenvalue weighted by molar-refractivity contribution is 8.30. The number of nitriles is 1. The molecule has 0 amide bonds. The van der Waals surface area contributed by atoms with E-state index in [0.717, 1.165) is 11.8 Å². The van der Waals surface area contributed by atoms with Crippen molar-refractivity contribution in [3.05, 3.63) is 0 Å². The molecule has 0 aliphatic heterocycles. The van der Waals surface area contributed by atoms with Crippen LogP contribution in [0.3, 0.4) is 0 Å². The lowest BCUT2D eigenvalue weighted by atomic mass is 10.7. The average molecular weight is 237 g/mol. The number of rotatable bonds is 6. The molecule has 0 aliphatic rings. The smallest absolute Gasteiger partial charge is 0.220 e. The monoisotopic (exact) mass is 237 g/mol. The van der Waals surface area contributed by atoms with E-state index in [1.807, 2.05) is 12.3 Å². The average Bonchev–Trinajstić information content (AvgIpc) is 2.13. The van der Waals surface area contributed by atoms with Gasteiger partial charge in [0.05, 0.1) is 11.7 Å². The van der Waals surface area contributed by atoms with E-state index in [1.165, 1.54) is 11.8 Å². The fraction of sp³-hybridized carbons (Fsp3) is 0.714. The molecule has 3 nitrogen and oxygen atoms in total. The molecular formula is C7H11NO2S3. The highest BCUT2D eigenvalue weighted by Crippen LogP contribution is 2.13. The molecule has 0 aliphatic carbocycles. The summed E-state index contributed by atoms with van der Waals surface area (Å²) in [7, 11) is 0. The minimum absolute atomic E-state index is 0.474. The van der Waals surface area contributed by atoms with E-state index in [0.29, 0.717) is 29.3 Å². The molecule has 6 heteroatoms. The maximum Gasteiger partial charge on any atom is 0.220 e. The highest BCUT2D eigenvalue weighted by atomic mass is 32.2. The van der Waals surface area contributed by atoms with Crippen molar-refractivity contribution in [2.45, 2.75) is 6.92 Å². The second kappa shape index (κ2) is 10.1. The van der Waals surface area contributed by atoms with Gasteiger partial charge in [-0.05, 0) is 30.9 Å². The number of hydrogen-bond donors (Lipinski definition) is 0. The van der Waals surface area contributed by atoms with Gasteiger partial charge in [0.1, 0.15) is 12.0 Å². The Morgan fingerprint density at radius 1 is 1.54 bits per heavy atom. The van der Waals surface area contributed by atoms with Crippen molar-refractivity contribution < 1.29 is 9.47 Å². The van der Waals surface area contributed by atoms with Gasteiger partial charge in [0, 0.05) is 6.61 Å². The second-order valence-corrected chi connectivity index (χ2v) is 4.50. The summed E-state index contributed by atoms with van der Waals surface area (Å²) in [6.07, 6.45) is 0. The zero-order valence-corrected chi connectivity index (χ0v) is 9.77. The van der Waals surface area contributed by atoms with Gasteiger partial charge in [-0.1, -0.05) is 11.8 Å². The first-order chi connectivity index (χ1) is 6.31. The van der Waals surface area contributed by atoms with Gasteiger partial charge in [-0.25, -0.2) is 0 Å². The molecule has 74 valence electrons. The van der Waals surface area contributed by atoms with E-state index in [1.54, 1.807) is 0 Å². The quantitative estimate of drug-likeness (QED) is 0.305. The van der Waals surface area contributed by atoms with Gasteiger partial charge in [-0.15, -0.1) is 0 Å². The maximum absolute atomic E-state index is 8.22.